The maximum Gasteiger partial charge on any atom is 0.280 e. The standard InChI is InChI=1S/C22H14N2O2/c25-21-17-11-5-4-8-15(17)14-20-22(26)23(16-9-2-1-3-10-16)18-12-6-7-13-19(18)24(20)21/h1-14H. The van der Waals surface area contributed by atoms with E-state index in [9.17, 15) is 9.59 Å². The highest BCUT2D eigenvalue weighted by atomic mass is 16.1. The smallest absolute Gasteiger partial charge is 0.274 e. The second-order valence-corrected chi connectivity index (χ2v) is 6.22. The molecule has 5 aromatic rings. The molecule has 0 saturated heterocycles. The summed E-state index contributed by atoms with van der Waals surface area (Å²) in [4.78, 5) is 26.5. The van der Waals surface area contributed by atoms with E-state index in [1.54, 1.807) is 16.7 Å². The van der Waals surface area contributed by atoms with Crippen LogP contribution in [0.2, 0.25) is 0 Å². The van der Waals surface area contributed by atoms with Crippen LogP contribution in [0.1, 0.15) is 0 Å². The number of hydrogen-bond acceptors (Lipinski definition) is 2. The minimum atomic E-state index is -0.210. The van der Waals surface area contributed by atoms with Crippen LogP contribution in [0.3, 0.4) is 0 Å². The Morgan fingerprint density at radius 1 is 0.577 bits per heavy atom. The van der Waals surface area contributed by atoms with Crippen LogP contribution in [0.5, 0.6) is 0 Å². The first-order chi connectivity index (χ1) is 12.8. The molecule has 0 spiro atoms. The minimum absolute atomic E-state index is 0.174. The van der Waals surface area contributed by atoms with E-state index in [-0.39, 0.29) is 11.1 Å². The number of rotatable bonds is 1. The van der Waals surface area contributed by atoms with Gasteiger partial charge in [-0.3, -0.25) is 18.6 Å². The maximum atomic E-state index is 13.3. The Balaban J connectivity index is 2.11. The Hall–Kier alpha value is -3.66. The lowest BCUT2D eigenvalue weighted by Crippen LogP contribution is -2.27. The van der Waals surface area contributed by atoms with Crippen molar-refractivity contribution in [3.8, 4) is 5.69 Å². The van der Waals surface area contributed by atoms with E-state index in [1.807, 2.05) is 72.8 Å². The van der Waals surface area contributed by atoms with Crippen molar-refractivity contribution < 1.29 is 0 Å². The number of hydrogen-bond donors (Lipinski definition) is 0. The number of para-hydroxylation sites is 3. The summed E-state index contributed by atoms with van der Waals surface area (Å²) >= 11 is 0. The first-order valence-corrected chi connectivity index (χ1v) is 8.39. The molecule has 0 atom stereocenters. The zero-order valence-electron chi connectivity index (χ0n) is 13.8. The third-order valence-electron chi connectivity index (χ3n) is 4.73. The third-order valence-corrected chi connectivity index (χ3v) is 4.73. The van der Waals surface area contributed by atoms with Gasteiger partial charge in [-0.25, -0.2) is 0 Å². The quantitative estimate of drug-likeness (QED) is 0.345. The summed E-state index contributed by atoms with van der Waals surface area (Å²) in [6, 6.07) is 26.1. The van der Waals surface area contributed by atoms with Gasteiger partial charge in [0.05, 0.1) is 11.0 Å². The highest BCUT2D eigenvalue weighted by molar-refractivity contribution is 5.89. The summed E-state index contributed by atoms with van der Waals surface area (Å²) < 4.78 is 3.19. The Labute approximate surface area is 148 Å². The fraction of sp³-hybridized carbons (Fsp3) is 0. The lowest BCUT2D eigenvalue weighted by molar-refractivity contribution is 1.01. The topological polar surface area (TPSA) is 43.5 Å². The molecule has 124 valence electrons. The van der Waals surface area contributed by atoms with Crippen LogP contribution >= 0.6 is 0 Å². The molecular weight excluding hydrogens is 324 g/mol. The third kappa shape index (κ3) is 1.96. The van der Waals surface area contributed by atoms with Crippen molar-refractivity contribution in [2.24, 2.45) is 0 Å². The van der Waals surface area contributed by atoms with Gasteiger partial charge < -0.3 is 0 Å². The summed E-state index contributed by atoms with van der Waals surface area (Å²) in [6.45, 7) is 0. The summed E-state index contributed by atoms with van der Waals surface area (Å²) in [6.07, 6.45) is 0. The fourth-order valence-corrected chi connectivity index (χ4v) is 3.56. The second kappa shape index (κ2) is 5.43. The highest BCUT2D eigenvalue weighted by Crippen LogP contribution is 2.19. The van der Waals surface area contributed by atoms with Gasteiger partial charge in [-0.15, -0.1) is 0 Å². The van der Waals surface area contributed by atoms with Gasteiger partial charge in [0, 0.05) is 11.1 Å². The van der Waals surface area contributed by atoms with E-state index in [0.29, 0.717) is 21.9 Å². The van der Waals surface area contributed by atoms with Crippen LogP contribution < -0.4 is 11.1 Å². The van der Waals surface area contributed by atoms with E-state index in [4.69, 9.17) is 0 Å². The molecule has 0 N–H and O–H groups in total. The van der Waals surface area contributed by atoms with Crippen LogP contribution in [-0.4, -0.2) is 8.97 Å². The molecule has 0 radical (unpaired) electrons. The minimum Gasteiger partial charge on any atom is -0.274 e. The fourth-order valence-electron chi connectivity index (χ4n) is 3.56. The monoisotopic (exact) mass is 338 g/mol. The molecule has 3 aromatic carbocycles. The van der Waals surface area contributed by atoms with Gasteiger partial charge in [0.2, 0.25) is 0 Å². The Kier molecular flexibility index (Phi) is 3.06. The van der Waals surface area contributed by atoms with Crippen molar-refractivity contribution in [2.75, 3.05) is 0 Å². The van der Waals surface area contributed by atoms with Crippen molar-refractivity contribution in [2.45, 2.75) is 0 Å². The van der Waals surface area contributed by atoms with Crippen LogP contribution in [0, 0.1) is 0 Å². The van der Waals surface area contributed by atoms with Gasteiger partial charge in [-0.05, 0) is 41.8 Å². The molecule has 2 aromatic heterocycles. The SMILES string of the molecule is O=c1c2cc3ccccc3c(=O)n2c2ccccc2n1-c1ccccc1. The van der Waals surface area contributed by atoms with Crippen LogP contribution in [0.4, 0.5) is 0 Å². The van der Waals surface area contributed by atoms with Crippen LogP contribution in [-0.2, 0) is 0 Å². The molecule has 4 heteroatoms. The van der Waals surface area contributed by atoms with Crippen molar-refractivity contribution >= 4 is 27.3 Å². The molecule has 0 unspecified atom stereocenters. The lowest BCUT2D eigenvalue weighted by Gasteiger charge is -2.14. The predicted octanol–water partition coefficient (Wildman–Crippen LogP) is 3.76. The molecule has 0 bridgehead atoms. The molecule has 0 aliphatic rings. The maximum absolute atomic E-state index is 13.3. The van der Waals surface area contributed by atoms with Crippen molar-refractivity contribution in [3.05, 3.63) is 106 Å². The summed E-state index contributed by atoms with van der Waals surface area (Å²) in [5, 5.41) is 1.37. The van der Waals surface area contributed by atoms with E-state index >= 15 is 0 Å². The molecule has 0 fully saturated rings. The van der Waals surface area contributed by atoms with E-state index in [2.05, 4.69) is 0 Å². The van der Waals surface area contributed by atoms with Crippen molar-refractivity contribution in [1.82, 2.24) is 8.97 Å². The number of fused-ring (bicyclic) bond motifs is 4. The Bertz CT molecular complexity index is 1410. The number of pyridine rings is 1. The molecule has 4 nitrogen and oxygen atoms in total. The van der Waals surface area contributed by atoms with Gasteiger partial charge in [0.15, 0.2) is 0 Å². The molecular formula is C22H14N2O2. The first-order valence-electron chi connectivity index (χ1n) is 8.39. The summed E-state index contributed by atoms with van der Waals surface area (Å²) in [5.74, 6) is 0. The van der Waals surface area contributed by atoms with Gasteiger partial charge in [-0.2, -0.15) is 0 Å². The van der Waals surface area contributed by atoms with E-state index in [1.165, 1.54) is 4.40 Å². The summed E-state index contributed by atoms with van der Waals surface area (Å²) in [7, 11) is 0. The molecule has 0 saturated carbocycles. The van der Waals surface area contributed by atoms with Gasteiger partial charge in [0.1, 0.15) is 5.52 Å². The van der Waals surface area contributed by atoms with E-state index < -0.39 is 0 Å². The van der Waals surface area contributed by atoms with Crippen molar-refractivity contribution in [1.29, 1.82) is 0 Å². The van der Waals surface area contributed by atoms with Crippen LogP contribution in [0.25, 0.3) is 33.0 Å². The number of aromatic nitrogens is 2. The number of benzene rings is 3. The molecule has 5 rings (SSSR count). The zero-order valence-corrected chi connectivity index (χ0v) is 13.8. The second-order valence-electron chi connectivity index (χ2n) is 6.22. The highest BCUT2D eigenvalue weighted by Gasteiger charge is 2.14. The Morgan fingerprint density at radius 3 is 2.04 bits per heavy atom. The number of nitrogens with zero attached hydrogens (tertiary/aromatic N) is 2. The average Bonchev–Trinajstić information content (AvgIpc) is 2.69. The molecule has 0 amide bonds. The largest absolute Gasteiger partial charge is 0.280 e. The molecule has 0 aliphatic carbocycles. The molecule has 2 heterocycles. The predicted molar refractivity (Wildman–Crippen MR) is 104 cm³/mol. The van der Waals surface area contributed by atoms with Gasteiger partial charge >= 0.3 is 0 Å². The zero-order chi connectivity index (χ0) is 17.7. The molecule has 26 heavy (non-hydrogen) atoms. The summed E-state index contributed by atoms with van der Waals surface area (Å²) in [5.41, 5.74) is 2.17. The Morgan fingerprint density at radius 2 is 1.23 bits per heavy atom. The average molecular weight is 338 g/mol. The molecule has 0 aliphatic heterocycles. The van der Waals surface area contributed by atoms with Crippen molar-refractivity contribution in [3.63, 3.8) is 0 Å². The van der Waals surface area contributed by atoms with E-state index in [0.717, 1.165) is 11.1 Å². The lowest BCUT2D eigenvalue weighted by atomic mass is 10.1. The normalized spacial score (nSPS) is 11.4. The van der Waals surface area contributed by atoms with Gasteiger partial charge in [0.25, 0.3) is 11.1 Å². The van der Waals surface area contributed by atoms with Crippen LogP contribution in [0.15, 0.2) is 94.5 Å². The first kappa shape index (κ1) is 14.7. The van der Waals surface area contributed by atoms with Gasteiger partial charge in [-0.1, -0.05) is 48.5 Å².